The van der Waals surface area contributed by atoms with Gasteiger partial charge in [-0.1, -0.05) is 5.57 Å². The number of likely N-dealkylation sites (tertiary alicyclic amines) is 1. The zero-order chi connectivity index (χ0) is 11.9. The highest BCUT2D eigenvalue weighted by Crippen LogP contribution is 2.39. The summed E-state index contributed by atoms with van der Waals surface area (Å²) >= 11 is 0. The van der Waals surface area contributed by atoms with Crippen molar-refractivity contribution >= 4 is 5.91 Å². The molecule has 86 valence electrons. The van der Waals surface area contributed by atoms with Crippen LogP contribution in [0.1, 0.15) is 40.5 Å². The minimum absolute atomic E-state index is 0.0863. The van der Waals surface area contributed by atoms with Crippen molar-refractivity contribution in [2.24, 2.45) is 5.73 Å². The Labute approximate surface area is 92.3 Å². The molecule has 0 aliphatic carbocycles. The molecule has 0 radical (unpaired) electrons. The van der Waals surface area contributed by atoms with Crippen LogP contribution >= 0.6 is 0 Å². The lowest BCUT2D eigenvalue weighted by Crippen LogP contribution is -2.56. The first kappa shape index (κ1) is 12.2. The quantitative estimate of drug-likeness (QED) is 0.669. The average Bonchev–Trinajstić information content (AvgIpc) is 1.97. The molecule has 1 rings (SSSR count). The fraction of sp³-hybridized carbons (Fsp3) is 0.750. The van der Waals surface area contributed by atoms with E-state index in [-0.39, 0.29) is 17.0 Å². The molecule has 0 spiro atoms. The van der Waals surface area contributed by atoms with Crippen LogP contribution in [-0.4, -0.2) is 28.9 Å². The highest BCUT2D eigenvalue weighted by Gasteiger charge is 2.40. The molecule has 15 heavy (non-hydrogen) atoms. The van der Waals surface area contributed by atoms with E-state index in [1.165, 1.54) is 0 Å². The molecule has 3 nitrogen and oxygen atoms in total. The maximum Gasteiger partial charge on any atom is 0.241 e. The van der Waals surface area contributed by atoms with Crippen molar-refractivity contribution in [2.75, 3.05) is 7.05 Å². The van der Waals surface area contributed by atoms with Crippen LogP contribution in [0.4, 0.5) is 0 Å². The zero-order valence-corrected chi connectivity index (χ0v) is 10.4. The number of hydrogen-bond acceptors (Lipinski definition) is 2. The number of amides is 1. The predicted molar refractivity (Wildman–Crippen MR) is 62.4 cm³/mol. The second-order valence-electron chi connectivity index (χ2n) is 5.74. The van der Waals surface area contributed by atoms with Crippen molar-refractivity contribution in [1.29, 1.82) is 0 Å². The summed E-state index contributed by atoms with van der Waals surface area (Å²) in [5.41, 5.74) is 6.54. The van der Waals surface area contributed by atoms with Crippen LogP contribution in [0, 0.1) is 0 Å². The lowest BCUT2D eigenvalue weighted by atomic mass is 9.77. The maximum absolute atomic E-state index is 10.9. The van der Waals surface area contributed by atoms with Gasteiger partial charge in [-0.05, 0) is 47.6 Å². The highest BCUT2D eigenvalue weighted by atomic mass is 16.1. The fourth-order valence-corrected chi connectivity index (χ4v) is 2.53. The van der Waals surface area contributed by atoms with Gasteiger partial charge < -0.3 is 5.73 Å². The minimum atomic E-state index is -0.332. The molecule has 3 heteroatoms. The molecular weight excluding hydrogens is 188 g/mol. The highest BCUT2D eigenvalue weighted by molar-refractivity contribution is 5.86. The number of primary amides is 1. The Morgan fingerprint density at radius 3 is 2.00 bits per heavy atom. The van der Waals surface area contributed by atoms with Gasteiger partial charge in [0.1, 0.15) is 0 Å². The lowest BCUT2D eigenvalue weighted by Gasteiger charge is -2.51. The van der Waals surface area contributed by atoms with Gasteiger partial charge in [0, 0.05) is 17.2 Å². The van der Waals surface area contributed by atoms with E-state index in [1.54, 1.807) is 6.08 Å². The van der Waals surface area contributed by atoms with Crippen molar-refractivity contribution in [2.45, 2.75) is 51.6 Å². The van der Waals surface area contributed by atoms with E-state index in [0.29, 0.717) is 0 Å². The lowest BCUT2D eigenvalue weighted by molar-refractivity contribution is -0.113. The average molecular weight is 210 g/mol. The molecule has 1 saturated heterocycles. The zero-order valence-electron chi connectivity index (χ0n) is 10.4. The van der Waals surface area contributed by atoms with Crippen LogP contribution in [0.2, 0.25) is 0 Å². The second-order valence-corrected chi connectivity index (χ2v) is 5.74. The number of carbonyl (C=O) groups is 1. The molecule has 1 fully saturated rings. The van der Waals surface area contributed by atoms with E-state index in [0.717, 1.165) is 18.4 Å². The van der Waals surface area contributed by atoms with Gasteiger partial charge in [0.05, 0.1) is 0 Å². The SMILES string of the molecule is CN1C(C)(C)CC(=CC(N)=O)CC1(C)C. The summed E-state index contributed by atoms with van der Waals surface area (Å²) < 4.78 is 0. The van der Waals surface area contributed by atoms with E-state index in [1.807, 2.05) is 0 Å². The Balaban J connectivity index is 2.99. The Kier molecular flexibility index (Phi) is 2.97. The molecule has 0 saturated carbocycles. The molecule has 0 atom stereocenters. The monoisotopic (exact) mass is 210 g/mol. The van der Waals surface area contributed by atoms with Gasteiger partial charge >= 0.3 is 0 Å². The standard InChI is InChI=1S/C12H22N2O/c1-11(2)7-9(6-10(13)15)8-12(3,4)14(11)5/h6H,7-8H2,1-5H3,(H2,13,15). The third-order valence-electron chi connectivity index (χ3n) is 3.48. The number of carbonyl (C=O) groups excluding carboxylic acids is 1. The second kappa shape index (κ2) is 3.63. The van der Waals surface area contributed by atoms with Crippen LogP contribution in [-0.2, 0) is 4.79 Å². The molecular formula is C12H22N2O. The van der Waals surface area contributed by atoms with Crippen LogP contribution in [0.25, 0.3) is 0 Å². The van der Waals surface area contributed by atoms with Gasteiger partial charge in [-0.15, -0.1) is 0 Å². The molecule has 0 bridgehead atoms. The molecule has 0 aromatic rings. The van der Waals surface area contributed by atoms with E-state index in [9.17, 15) is 4.79 Å². The van der Waals surface area contributed by atoms with Crippen LogP contribution in [0.3, 0.4) is 0 Å². The van der Waals surface area contributed by atoms with Gasteiger partial charge in [-0.2, -0.15) is 0 Å². The molecule has 1 aliphatic rings. The van der Waals surface area contributed by atoms with Crippen molar-refractivity contribution in [1.82, 2.24) is 4.90 Å². The normalized spacial score (nSPS) is 25.0. The van der Waals surface area contributed by atoms with E-state index < -0.39 is 0 Å². The van der Waals surface area contributed by atoms with Gasteiger partial charge in [-0.3, -0.25) is 9.69 Å². The third kappa shape index (κ3) is 2.59. The summed E-state index contributed by atoms with van der Waals surface area (Å²) in [6.07, 6.45) is 3.42. The molecule has 1 heterocycles. The van der Waals surface area contributed by atoms with Crippen LogP contribution in [0.15, 0.2) is 11.6 Å². The number of hydrogen-bond donors (Lipinski definition) is 1. The number of nitrogens with two attached hydrogens (primary N) is 1. The number of piperidine rings is 1. The fourth-order valence-electron chi connectivity index (χ4n) is 2.53. The number of rotatable bonds is 1. The Morgan fingerprint density at radius 2 is 1.67 bits per heavy atom. The predicted octanol–water partition coefficient (Wildman–Crippen LogP) is 1.68. The maximum atomic E-state index is 10.9. The summed E-state index contributed by atoms with van der Waals surface area (Å²) in [5, 5.41) is 0. The van der Waals surface area contributed by atoms with Crippen LogP contribution < -0.4 is 5.73 Å². The number of nitrogens with zero attached hydrogens (tertiary/aromatic N) is 1. The smallest absolute Gasteiger partial charge is 0.241 e. The third-order valence-corrected chi connectivity index (χ3v) is 3.48. The van der Waals surface area contributed by atoms with Crippen LogP contribution in [0.5, 0.6) is 0 Å². The largest absolute Gasteiger partial charge is 0.366 e. The molecule has 0 aromatic heterocycles. The van der Waals surface area contributed by atoms with E-state index in [4.69, 9.17) is 5.73 Å². The summed E-state index contributed by atoms with van der Waals surface area (Å²) in [6.45, 7) is 8.79. The van der Waals surface area contributed by atoms with Crippen molar-refractivity contribution < 1.29 is 4.79 Å². The van der Waals surface area contributed by atoms with Crippen molar-refractivity contribution in [3.8, 4) is 0 Å². The summed E-state index contributed by atoms with van der Waals surface area (Å²) in [6, 6.07) is 0. The topological polar surface area (TPSA) is 46.3 Å². The summed E-state index contributed by atoms with van der Waals surface area (Å²) in [5.74, 6) is -0.332. The van der Waals surface area contributed by atoms with Gasteiger partial charge in [0.2, 0.25) is 5.91 Å². The Bertz CT molecular complexity index is 283. The van der Waals surface area contributed by atoms with Crippen molar-refractivity contribution in [3.63, 3.8) is 0 Å². The molecule has 0 unspecified atom stereocenters. The Morgan fingerprint density at radius 1 is 1.27 bits per heavy atom. The van der Waals surface area contributed by atoms with Crippen molar-refractivity contribution in [3.05, 3.63) is 11.6 Å². The molecule has 0 aromatic carbocycles. The molecule has 1 amide bonds. The van der Waals surface area contributed by atoms with E-state index >= 15 is 0 Å². The Hall–Kier alpha value is -0.830. The molecule has 2 N–H and O–H groups in total. The molecule has 1 aliphatic heterocycles. The van der Waals surface area contributed by atoms with Gasteiger partial charge in [-0.25, -0.2) is 0 Å². The van der Waals surface area contributed by atoms with Gasteiger partial charge in [0.15, 0.2) is 0 Å². The first-order valence-electron chi connectivity index (χ1n) is 5.38. The summed E-state index contributed by atoms with van der Waals surface area (Å²) in [7, 11) is 2.14. The minimum Gasteiger partial charge on any atom is -0.366 e. The summed E-state index contributed by atoms with van der Waals surface area (Å²) in [4.78, 5) is 13.3. The van der Waals surface area contributed by atoms with Gasteiger partial charge in [0.25, 0.3) is 0 Å². The van der Waals surface area contributed by atoms with E-state index in [2.05, 4.69) is 39.6 Å². The first-order chi connectivity index (χ1) is 6.65. The first-order valence-corrected chi connectivity index (χ1v) is 5.38.